The van der Waals surface area contributed by atoms with Crippen LogP contribution < -0.4 is 19.5 Å². The van der Waals surface area contributed by atoms with Gasteiger partial charge in [0.1, 0.15) is 5.75 Å². The molecule has 1 N–H and O–H groups in total. The highest BCUT2D eigenvalue weighted by atomic mass is 16.5. The summed E-state index contributed by atoms with van der Waals surface area (Å²) >= 11 is 0. The van der Waals surface area contributed by atoms with E-state index in [0.29, 0.717) is 29.4 Å². The highest BCUT2D eigenvalue weighted by Gasteiger charge is 2.10. The molecule has 1 heterocycles. The third-order valence-corrected chi connectivity index (χ3v) is 3.32. The van der Waals surface area contributed by atoms with Crippen molar-refractivity contribution >= 4 is 12.0 Å². The molecule has 0 saturated carbocycles. The molecule has 6 nitrogen and oxygen atoms in total. The maximum Gasteiger partial charge on any atom is 0.244 e. The normalized spacial score (nSPS) is 10.5. The van der Waals surface area contributed by atoms with Gasteiger partial charge in [-0.2, -0.15) is 0 Å². The molecule has 0 bridgehead atoms. The predicted octanol–water partition coefficient (Wildman–Crippen LogP) is 2.44. The lowest BCUT2D eigenvalue weighted by atomic mass is 10.1. The molecular weight excluding hydrogens is 308 g/mol. The van der Waals surface area contributed by atoms with Crippen molar-refractivity contribution in [2.45, 2.75) is 6.54 Å². The Morgan fingerprint density at radius 1 is 1.08 bits per heavy atom. The number of hydrogen-bond donors (Lipinski definition) is 1. The fraction of sp³-hybridized carbons (Fsp3) is 0.222. The first kappa shape index (κ1) is 17.3. The van der Waals surface area contributed by atoms with Crippen molar-refractivity contribution in [1.82, 2.24) is 10.3 Å². The maximum atomic E-state index is 11.9. The van der Waals surface area contributed by atoms with Crippen LogP contribution in [0, 0.1) is 0 Å². The average molecular weight is 328 g/mol. The number of ether oxygens (including phenoxy) is 3. The Labute approximate surface area is 141 Å². The minimum absolute atomic E-state index is 0.225. The van der Waals surface area contributed by atoms with E-state index in [2.05, 4.69) is 10.3 Å². The smallest absolute Gasteiger partial charge is 0.244 e. The first-order valence-electron chi connectivity index (χ1n) is 7.33. The molecule has 126 valence electrons. The maximum absolute atomic E-state index is 11.9. The second-order valence-electron chi connectivity index (χ2n) is 4.82. The van der Waals surface area contributed by atoms with Crippen molar-refractivity contribution in [3.8, 4) is 17.2 Å². The lowest BCUT2D eigenvalue weighted by molar-refractivity contribution is -0.116. The lowest BCUT2D eigenvalue weighted by Crippen LogP contribution is -2.20. The van der Waals surface area contributed by atoms with E-state index >= 15 is 0 Å². The molecule has 0 fully saturated rings. The van der Waals surface area contributed by atoms with Crippen LogP contribution in [0.2, 0.25) is 0 Å². The summed E-state index contributed by atoms with van der Waals surface area (Å²) in [6.07, 6.45) is 4.78. The SMILES string of the molecule is COc1cc(OC)c(OC)cc1/C=C/C(=O)NCc1ccccn1. The molecule has 0 spiro atoms. The molecule has 0 atom stereocenters. The molecule has 6 heteroatoms. The van der Waals surface area contributed by atoms with E-state index in [9.17, 15) is 4.79 Å². The zero-order valence-corrected chi connectivity index (χ0v) is 13.9. The zero-order chi connectivity index (χ0) is 17.4. The Kier molecular flexibility index (Phi) is 6.19. The minimum atomic E-state index is -0.225. The van der Waals surface area contributed by atoms with Gasteiger partial charge in [0.2, 0.25) is 5.91 Å². The third-order valence-electron chi connectivity index (χ3n) is 3.32. The fourth-order valence-corrected chi connectivity index (χ4v) is 2.09. The van der Waals surface area contributed by atoms with E-state index in [-0.39, 0.29) is 5.91 Å². The van der Waals surface area contributed by atoms with Gasteiger partial charge in [0, 0.05) is 23.9 Å². The summed E-state index contributed by atoms with van der Waals surface area (Å²) in [7, 11) is 4.66. The summed E-state index contributed by atoms with van der Waals surface area (Å²) in [6, 6.07) is 9.01. The summed E-state index contributed by atoms with van der Waals surface area (Å²) in [6.45, 7) is 0.368. The molecule has 1 aromatic heterocycles. The summed E-state index contributed by atoms with van der Waals surface area (Å²) in [5.41, 5.74) is 1.51. The Morgan fingerprint density at radius 2 is 1.79 bits per heavy atom. The van der Waals surface area contributed by atoms with E-state index in [4.69, 9.17) is 14.2 Å². The van der Waals surface area contributed by atoms with Crippen molar-refractivity contribution < 1.29 is 19.0 Å². The van der Waals surface area contributed by atoms with Crippen molar-refractivity contribution in [2.75, 3.05) is 21.3 Å². The van der Waals surface area contributed by atoms with E-state index in [1.807, 2.05) is 18.2 Å². The van der Waals surface area contributed by atoms with Crippen molar-refractivity contribution in [1.29, 1.82) is 0 Å². The molecule has 1 amide bonds. The molecule has 24 heavy (non-hydrogen) atoms. The number of hydrogen-bond acceptors (Lipinski definition) is 5. The van der Waals surface area contributed by atoms with Crippen LogP contribution in [0.15, 0.2) is 42.6 Å². The fourth-order valence-electron chi connectivity index (χ4n) is 2.09. The highest BCUT2D eigenvalue weighted by Crippen LogP contribution is 2.35. The van der Waals surface area contributed by atoms with Crippen LogP contribution in [0.5, 0.6) is 17.2 Å². The van der Waals surface area contributed by atoms with Gasteiger partial charge in [-0.1, -0.05) is 6.07 Å². The third kappa shape index (κ3) is 4.49. The topological polar surface area (TPSA) is 69.7 Å². The Hall–Kier alpha value is -3.02. The number of carbonyl (C=O) groups excluding carboxylic acids is 1. The molecule has 1 aromatic carbocycles. The van der Waals surface area contributed by atoms with Crippen LogP contribution in [0.1, 0.15) is 11.3 Å². The van der Waals surface area contributed by atoms with Gasteiger partial charge < -0.3 is 19.5 Å². The molecule has 0 aliphatic heterocycles. The molecule has 2 aromatic rings. The van der Waals surface area contributed by atoms with Gasteiger partial charge in [0.05, 0.1) is 33.6 Å². The second kappa shape index (κ2) is 8.57. The van der Waals surface area contributed by atoms with Crippen molar-refractivity contribution in [3.63, 3.8) is 0 Å². The molecule has 0 aliphatic carbocycles. The van der Waals surface area contributed by atoms with Crippen molar-refractivity contribution in [3.05, 3.63) is 53.9 Å². The van der Waals surface area contributed by atoms with E-state index < -0.39 is 0 Å². The number of rotatable bonds is 7. The van der Waals surface area contributed by atoms with Crippen LogP contribution >= 0.6 is 0 Å². The van der Waals surface area contributed by atoms with Crippen LogP contribution in [0.4, 0.5) is 0 Å². The monoisotopic (exact) mass is 328 g/mol. The number of methoxy groups -OCH3 is 3. The number of pyridine rings is 1. The standard InChI is InChI=1S/C18H20N2O4/c1-22-15-11-17(24-3)16(23-2)10-13(15)7-8-18(21)20-12-14-6-4-5-9-19-14/h4-11H,12H2,1-3H3,(H,20,21)/b8-7+. The Morgan fingerprint density at radius 3 is 2.42 bits per heavy atom. The average Bonchev–Trinajstić information content (AvgIpc) is 2.64. The summed E-state index contributed by atoms with van der Waals surface area (Å²) < 4.78 is 15.8. The predicted molar refractivity (Wildman–Crippen MR) is 91.2 cm³/mol. The lowest BCUT2D eigenvalue weighted by Gasteiger charge is -2.12. The van der Waals surface area contributed by atoms with Gasteiger partial charge >= 0.3 is 0 Å². The van der Waals surface area contributed by atoms with E-state index in [1.165, 1.54) is 6.08 Å². The molecule has 2 rings (SSSR count). The van der Waals surface area contributed by atoms with Gasteiger partial charge in [-0.05, 0) is 24.3 Å². The van der Waals surface area contributed by atoms with Gasteiger partial charge in [-0.15, -0.1) is 0 Å². The summed E-state index contributed by atoms with van der Waals surface area (Å²) in [4.78, 5) is 16.1. The van der Waals surface area contributed by atoms with Gasteiger partial charge in [-0.25, -0.2) is 0 Å². The second-order valence-corrected chi connectivity index (χ2v) is 4.82. The molecule has 0 radical (unpaired) electrons. The zero-order valence-electron chi connectivity index (χ0n) is 13.9. The first-order valence-corrected chi connectivity index (χ1v) is 7.33. The quantitative estimate of drug-likeness (QED) is 0.791. The molecule has 0 unspecified atom stereocenters. The van der Waals surface area contributed by atoms with Crippen LogP contribution in [-0.4, -0.2) is 32.2 Å². The van der Waals surface area contributed by atoms with Gasteiger partial charge in [0.15, 0.2) is 11.5 Å². The number of benzene rings is 1. The summed E-state index contributed by atoms with van der Waals surface area (Å²) in [5, 5.41) is 2.77. The minimum Gasteiger partial charge on any atom is -0.496 e. The highest BCUT2D eigenvalue weighted by molar-refractivity contribution is 5.92. The molecule has 0 aliphatic rings. The Balaban J connectivity index is 2.08. The van der Waals surface area contributed by atoms with Crippen LogP contribution in [0.25, 0.3) is 6.08 Å². The van der Waals surface area contributed by atoms with E-state index in [1.54, 1.807) is 45.7 Å². The number of aromatic nitrogens is 1. The van der Waals surface area contributed by atoms with Crippen LogP contribution in [-0.2, 0) is 11.3 Å². The number of amides is 1. The summed E-state index contributed by atoms with van der Waals surface area (Å²) in [5.74, 6) is 1.48. The first-order chi connectivity index (χ1) is 11.7. The molecule has 0 saturated heterocycles. The largest absolute Gasteiger partial charge is 0.496 e. The van der Waals surface area contributed by atoms with E-state index in [0.717, 1.165) is 5.69 Å². The number of nitrogens with one attached hydrogen (secondary N) is 1. The molecular formula is C18H20N2O4. The van der Waals surface area contributed by atoms with Gasteiger partial charge in [-0.3, -0.25) is 9.78 Å². The number of carbonyl (C=O) groups is 1. The van der Waals surface area contributed by atoms with Crippen molar-refractivity contribution in [2.24, 2.45) is 0 Å². The van der Waals surface area contributed by atoms with Crippen LogP contribution in [0.3, 0.4) is 0 Å². The van der Waals surface area contributed by atoms with Gasteiger partial charge in [0.25, 0.3) is 0 Å². The number of nitrogens with zero attached hydrogens (tertiary/aromatic N) is 1. The Bertz CT molecular complexity index is 714.